The van der Waals surface area contributed by atoms with E-state index in [4.69, 9.17) is 0 Å². The van der Waals surface area contributed by atoms with Crippen LogP contribution in [0.2, 0.25) is 0 Å². The van der Waals surface area contributed by atoms with Crippen molar-refractivity contribution in [3.05, 3.63) is 41.5 Å². The highest BCUT2D eigenvalue weighted by atomic mass is 32.1. The molecule has 0 radical (unpaired) electrons. The molecule has 0 N–H and O–H groups in total. The fourth-order valence-corrected chi connectivity index (χ4v) is 2.74. The van der Waals surface area contributed by atoms with E-state index in [0.29, 0.717) is 5.69 Å². The van der Waals surface area contributed by atoms with Gasteiger partial charge in [-0.1, -0.05) is 6.07 Å². The summed E-state index contributed by atoms with van der Waals surface area (Å²) < 4.78 is 7.90. The van der Waals surface area contributed by atoms with Gasteiger partial charge >= 0.3 is 0 Å². The third-order valence-corrected chi connectivity index (χ3v) is 3.60. The molecule has 1 unspecified atom stereocenters. The second kappa shape index (κ2) is 4.33. The van der Waals surface area contributed by atoms with Crippen LogP contribution in [0.5, 0.6) is 0 Å². The summed E-state index contributed by atoms with van der Waals surface area (Å²) in [5.74, 6) is -0.0813. The van der Waals surface area contributed by atoms with Crippen LogP contribution in [0, 0.1) is 0 Å². The maximum absolute atomic E-state index is 12.3. The first-order valence-electron chi connectivity index (χ1n) is 5.62. The Labute approximate surface area is 103 Å². The SMILES string of the molecule is O=C(c1cnsn1)C1CCCc2cccnc21. The van der Waals surface area contributed by atoms with Gasteiger partial charge in [0.1, 0.15) is 5.69 Å². The average Bonchev–Trinajstić information content (AvgIpc) is 2.91. The molecule has 0 spiro atoms. The molecule has 0 fully saturated rings. The summed E-state index contributed by atoms with van der Waals surface area (Å²) in [5, 5.41) is 0. The predicted octanol–water partition coefficient (Wildman–Crippen LogP) is 2.24. The van der Waals surface area contributed by atoms with Crippen LogP contribution in [0.1, 0.15) is 40.5 Å². The Kier molecular flexibility index (Phi) is 2.68. The molecule has 3 rings (SSSR count). The maximum atomic E-state index is 12.3. The van der Waals surface area contributed by atoms with Gasteiger partial charge in [0.15, 0.2) is 5.78 Å². The lowest BCUT2D eigenvalue weighted by Crippen LogP contribution is -2.20. The summed E-state index contributed by atoms with van der Waals surface area (Å²) >= 11 is 1.07. The molecule has 1 aliphatic carbocycles. The van der Waals surface area contributed by atoms with E-state index in [-0.39, 0.29) is 11.7 Å². The van der Waals surface area contributed by atoms with Crippen molar-refractivity contribution in [2.45, 2.75) is 25.2 Å². The minimum Gasteiger partial charge on any atom is -0.292 e. The highest BCUT2D eigenvalue weighted by molar-refractivity contribution is 6.99. The molecule has 0 aliphatic heterocycles. The third kappa shape index (κ3) is 1.86. The zero-order chi connectivity index (χ0) is 11.7. The molecule has 0 amide bonds. The first-order chi connectivity index (χ1) is 8.36. The Hall–Kier alpha value is -1.62. The van der Waals surface area contributed by atoms with Crippen molar-refractivity contribution in [2.75, 3.05) is 0 Å². The number of Topliss-reactive ketones (excluding diaryl/α,β-unsaturated/α-hetero) is 1. The van der Waals surface area contributed by atoms with Crippen LogP contribution in [-0.2, 0) is 6.42 Å². The van der Waals surface area contributed by atoms with E-state index in [9.17, 15) is 4.79 Å². The molecular weight excluding hydrogens is 234 g/mol. The fraction of sp³-hybridized carbons (Fsp3) is 0.333. The topological polar surface area (TPSA) is 55.7 Å². The average molecular weight is 245 g/mol. The number of ketones is 1. The zero-order valence-electron chi connectivity index (χ0n) is 9.17. The highest BCUT2D eigenvalue weighted by Crippen LogP contribution is 2.32. The lowest BCUT2D eigenvalue weighted by Gasteiger charge is -2.22. The molecule has 0 saturated heterocycles. The summed E-state index contributed by atoms with van der Waals surface area (Å²) in [7, 11) is 0. The number of pyridine rings is 1. The molecule has 2 aromatic heterocycles. The second-order valence-electron chi connectivity index (χ2n) is 4.15. The number of nitrogens with zero attached hydrogens (tertiary/aromatic N) is 3. The number of carbonyl (C=O) groups is 1. The predicted molar refractivity (Wildman–Crippen MR) is 64.2 cm³/mol. The molecule has 0 saturated carbocycles. The minimum atomic E-state index is -0.135. The van der Waals surface area contributed by atoms with Gasteiger partial charge in [-0.05, 0) is 30.9 Å². The lowest BCUT2D eigenvalue weighted by atomic mass is 9.83. The van der Waals surface area contributed by atoms with Crippen molar-refractivity contribution in [3.63, 3.8) is 0 Å². The van der Waals surface area contributed by atoms with Gasteiger partial charge < -0.3 is 0 Å². The van der Waals surface area contributed by atoms with Gasteiger partial charge in [0, 0.05) is 6.20 Å². The van der Waals surface area contributed by atoms with Gasteiger partial charge in [0.05, 0.1) is 29.5 Å². The van der Waals surface area contributed by atoms with E-state index in [1.807, 2.05) is 6.07 Å². The van der Waals surface area contributed by atoms with Gasteiger partial charge in [0.2, 0.25) is 0 Å². The van der Waals surface area contributed by atoms with Crippen LogP contribution in [0.25, 0.3) is 0 Å². The standard InChI is InChI=1S/C12H11N3OS/c16-12(10-7-14-17-15-10)9-5-1-3-8-4-2-6-13-11(8)9/h2,4,6-7,9H,1,3,5H2. The van der Waals surface area contributed by atoms with E-state index in [1.54, 1.807) is 12.4 Å². The van der Waals surface area contributed by atoms with E-state index < -0.39 is 0 Å². The number of rotatable bonds is 2. The summed E-state index contributed by atoms with van der Waals surface area (Å²) in [6.07, 6.45) is 6.21. The van der Waals surface area contributed by atoms with Gasteiger partial charge in [-0.25, -0.2) is 0 Å². The number of aromatic nitrogens is 3. The molecule has 4 nitrogen and oxygen atoms in total. The van der Waals surface area contributed by atoms with E-state index in [0.717, 1.165) is 36.7 Å². The van der Waals surface area contributed by atoms with Crippen LogP contribution in [0.3, 0.4) is 0 Å². The first-order valence-corrected chi connectivity index (χ1v) is 6.35. The maximum Gasteiger partial charge on any atom is 0.192 e. The van der Waals surface area contributed by atoms with E-state index in [1.165, 1.54) is 5.56 Å². The summed E-state index contributed by atoms with van der Waals surface area (Å²) in [4.78, 5) is 16.7. The Balaban J connectivity index is 1.98. The lowest BCUT2D eigenvalue weighted by molar-refractivity contribution is 0.0945. The molecule has 2 aromatic rings. The van der Waals surface area contributed by atoms with E-state index in [2.05, 4.69) is 19.8 Å². The van der Waals surface area contributed by atoms with Crippen LogP contribution >= 0.6 is 11.7 Å². The fourth-order valence-electron chi connectivity index (χ4n) is 2.32. The van der Waals surface area contributed by atoms with Crippen molar-refractivity contribution in [3.8, 4) is 0 Å². The van der Waals surface area contributed by atoms with Gasteiger partial charge in [-0.3, -0.25) is 9.78 Å². The smallest absolute Gasteiger partial charge is 0.192 e. The van der Waals surface area contributed by atoms with Gasteiger partial charge in [0.25, 0.3) is 0 Å². The highest BCUT2D eigenvalue weighted by Gasteiger charge is 2.29. The summed E-state index contributed by atoms with van der Waals surface area (Å²) in [6, 6.07) is 3.98. The monoisotopic (exact) mass is 245 g/mol. The molecule has 5 heteroatoms. The summed E-state index contributed by atoms with van der Waals surface area (Å²) in [5.41, 5.74) is 2.59. The van der Waals surface area contributed by atoms with Crippen molar-refractivity contribution >= 4 is 17.5 Å². The van der Waals surface area contributed by atoms with Crippen LogP contribution < -0.4 is 0 Å². The van der Waals surface area contributed by atoms with Crippen molar-refractivity contribution in [1.82, 2.24) is 13.7 Å². The molecule has 0 bridgehead atoms. The van der Waals surface area contributed by atoms with Crippen LogP contribution in [-0.4, -0.2) is 19.5 Å². The molecule has 86 valence electrons. The van der Waals surface area contributed by atoms with E-state index >= 15 is 0 Å². The van der Waals surface area contributed by atoms with Crippen molar-refractivity contribution in [2.24, 2.45) is 0 Å². The van der Waals surface area contributed by atoms with Crippen LogP contribution in [0.15, 0.2) is 24.5 Å². The minimum absolute atomic E-state index is 0.0541. The molecule has 2 heterocycles. The normalized spacial score (nSPS) is 18.7. The molecule has 17 heavy (non-hydrogen) atoms. The molecule has 0 aromatic carbocycles. The number of hydrogen-bond acceptors (Lipinski definition) is 5. The molecular formula is C12H11N3OS. The number of carbonyl (C=O) groups excluding carboxylic acids is 1. The number of aryl methyl sites for hydroxylation is 1. The Morgan fingerprint density at radius 1 is 1.47 bits per heavy atom. The molecule has 1 aliphatic rings. The largest absolute Gasteiger partial charge is 0.292 e. The Morgan fingerprint density at radius 2 is 2.41 bits per heavy atom. The second-order valence-corrected chi connectivity index (χ2v) is 4.71. The van der Waals surface area contributed by atoms with Crippen molar-refractivity contribution in [1.29, 1.82) is 0 Å². The Morgan fingerprint density at radius 3 is 3.24 bits per heavy atom. The quantitative estimate of drug-likeness (QED) is 0.761. The third-order valence-electron chi connectivity index (χ3n) is 3.13. The zero-order valence-corrected chi connectivity index (χ0v) is 9.98. The van der Waals surface area contributed by atoms with Gasteiger partial charge in [-0.2, -0.15) is 8.75 Å². The Bertz CT molecular complexity index is 538. The number of fused-ring (bicyclic) bond motifs is 1. The van der Waals surface area contributed by atoms with Gasteiger partial charge in [-0.15, -0.1) is 0 Å². The summed E-state index contributed by atoms with van der Waals surface area (Å²) in [6.45, 7) is 0. The first kappa shape index (κ1) is 10.5. The molecule has 1 atom stereocenters. The van der Waals surface area contributed by atoms with Crippen molar-refractivity contribution < 1.29 is 4.79 Å². The van der Waals surface area contributed by atoms with Crippen LogP contribution in [0.4, 0.5) is 0 Å². The number of hydrogen-bond donors (Lipinski definition) is 0.